The van der Waals surface area contributed by atoms with Crippen molar-refractivity contribution in [3.63, 3.8) is 0 Å². The molecule has 0 N–H and O–H groups in total. The molecule has 0 spiro atoms. The molecule has 0 radical (unpaired) electrons. The highest BCUT2D eigenvalue weighted by Gasteiger charge is 2.22. The smallest absolute Gasteiger partial charge is 0.262 e. The first-order valence-electron chi connectivity index (χ1n) is 8.16. The van der Waals surface area contributed by atoms with Crippen molar-refractivity contribution in [2.75, 3.05) is 12.4 Å². The Morgan fingerprint density at radius 2 is 2.20 bits per heavy atom. The largest absolute Gasteiger partial charge is 0.490 e. The predicted molar refractivity (Wildman–Crippen MR) is 99.5 cm³/mol. The van der Waals surface area contributed by atoms with Crippen LogP contribution in [0.25, 0.3) is 10.2 Å². The third kappa shape index (κ3) is 3.06. The van der Waals surface area contributed by atoms with Crippen molar-refractivity contribution < 1.29 is 9.13 Å². The molecule has 2 aromatic heterocycles. The molecule has 0 saturated carbocycles. The molecular formula is C18H17FN2O2S2. The number of fused-ring (bicyclic) bond motifs is 3. The summed E-state index contributed by atoms with van der Waals surface area (Å²) in [4.78, 5) is 19.5. The molecule has 1 aromatic carbocycles. The molecule has 3 aromatic rings. The van der Waals surface area contributed by atoms with Gasteiger partial charge in [-0.3, -0.25) is 9.36 Å². The summed E-state index contributed by atoms with van der Waals surface area (Å²) in [5, 5.41) is 1.47. The topological polar surface area (TPSA) is 44.1 Å². The number of thiophene rings is 1. The average Bonchev–Trinajstić information content (AvgIpc) is 3.18. The van der Waals surface area contributed by atoms with Crippen LogP contribution in [0.4, 0.5) is 4.39 Å². The summed E-state index contributed by atoms with van der Waals surface area (Å²) in [6.45, 7) is 0.348. The van der Waals surface area contributed by atoms with Crippen molar-refractivity contribution in [2.24, 2.45) is 7.05 Å². The second-order valence-electron chi connectivity index (χ2n) is 5.92. The van der Waals surface area contributed by atoms with Gasteiger partial charge in [0.25, 0.3) is 5.56 Å². The molecule has 25 heavy (non-hydrogen) atoms. The number of ether oxygens (including phenoxy) is 1. The zero-order valence-electron chi connectivity index (χ0n) is 13.8. The molecule has 4 nitrogen and oxygen atoms in total. The molecular weight excluding hydrogens is 359 g/mol. The van der Waals surface area contributed by atoms with Crippen molar-refractivity contribution in [3.05, 3.63) is 50.9 Å². The van der Waals surface area contributed by atoms with Crippen LogP contribution in [-0.2, 0) is 19.9 Å². The minimum atomic E-state index is -0.368. The maximum absolute atomic E-state index is 13.5. The standard InChI is InChI=1S/C18H17FN2O2S2/c1-21-17(22)15-11-5-4-8-14(11)25-16(15)20-18(21)24-10-9-23-13-7-3-2-6-12(13)19/h2-3,6-7H,4-5,8-10H2,1H3. The third-order valence-corrected chi connectivity index (χ3v) is 6.49. The van der Waals surface area contributed by atoms with Crippen LogP contribution in [0.5, 0.6) is 5.75 Å². The van der Waals surface area contributed by atoms with Gasteiger partial charge in [-0.2, -0.15) is 0 Å². The SMILES string of the molecule is Cn1c(SCCOc2ccccc2F)nc2sc3c(c2c1=O)CCC3. The number of rotatable bonds is 5. The molecule has 1 aliphatic rings. The fraction of sp³-hybridized carbons (Fsp3) is 0.333. The Balaban J connectivity index is 1.49. The number of benzene rings is 1. The lowest BCUT2D eigenvalue weighted by Gasteiger charge is -2.09. The minimum Gasteiger partial charge on any atom is -0.490 e. The molecule has 0 unspecified atom stereocenters. The molecule has 4 rings (SSSR count). The van der Waals surface area contributed by atoms with Crippen LogP contribution in [0.15, 0.2) is 34.2 Å². The second kappa shape index (κ2) is 6.80. The van der Waals surface area contributed by atoms with Crippen molar-refractivity contribution in [1.29, 1.82) is 0 Å². The number of hydrogen-bond acceptors (Lipinski definition) is 5. The van der Waals surface area contributed by atoms with E-state index >= 15 is 0 Å². The highest BCUT2D eigenvalue weighted by Crippen LogP contribution is 2.35. The van der Waals surface area contributed by atoms with Crippen LogP contribution in [-0.4, -0.2) is 21.9 Å². The first-order chi connectivity index (χ1) is 12.1. The van der Waals surface area contributed by atoms with Gasteiger partial charge >= 0.3 is 0 Å². The number of halogens is 1. The summed E-state index contributed by atoms with van der Waals surface area (Å²) < 4.78 is 20.6. The lowest BCUT2D eigenvalue weighted by Crippen LogP contribution is -2.20. The van der Waals surface area contributed by atoms with Gasteiger partial charge in [0, 0.05) is 17.7 Å². The molecule has 7 heteroatoms. The summed E-state index contributed by atoms with van der Waals surface area (Å²) in [6, 6.07) is 6.34. The molecule has 0 fully saturated rings. The van der Waals surface area contributed by atoms with Gasteiger partial charge in [0.2, 0.25) is 0 Å². The third-order valence-electron chi connectivity index (χ3n) is 4.31. The first kappa shape index (κ1) is 16.6. The quantitative estimate of drug-likeness (QED) is 0.386. The molecule has 0 bridgehead atoms. The minimum absolute atomic E-state index is 0.0296. The van der Waals surface area contributed by atoms with Crippen molar-refractivity contribution >= 4 is 33.3 Å². The molecule has 130 valence electrons. The van der Waals surface area contributed by atoms with E-state index in [1.807, 2.05) is 0 Å². The molecule has 2 heterocycles. The Bertz CT molecular complexity index is 997. The van der Waals surface area contributed by atoms with Crippen LogP contribution in [0.3, 0.4) is 0 Å². The number of aromatic nitrogens is 2. The van der Waals surface area contributed by atoms with E-state index in [1.165, 1.54) is 28.3 Å². The summed E-state index contributed by atoms with van der Waals surface area (Å²) >= 11 is 3.10. The maximum atomic E-state index is 13.5. The van der Waals surface area contributed by atoms with Crippen LogP contribution < -0.4 is 10.3 Å². The number of aryl methyl sites for hydroxylation is 2. The summed E-state index contributed by atoms with van der Waals surface area (Å²) in [7, 11) is 1.76. The lowest BCUT2D eigenvalue weighted by atomic mass is 10.2. The predicted octanol–water partition coefficient (Wildman–Crippen LogP) is 3.79. The first-order valence-corrected chi connectivity index (χ1v) is 9.97. The molecule has 1 aliphatic carbocycles. The fourth-order valence-corrected chi connectivity index (χ4v) is 5.17. The highest BCUT2D eigenvalue weighted by molar-refractivity contribution is 7.99. The summed E-state index contributed by atoms with van der Waals surface area (Å²) in [5.41, 5.74) is 1.23. The van der Waals surface area contributed by atoms with Gasteiger partial charge in [0.15, 0.2) is 16.7 Å². The Labute approximate surface area is 152 Å². The van der Waals surface area contributed by atoms with Crippen LogP contribution in [0.1, 0.15) is 16.9 Å². The van der Waals surface area contributed by atoms with E-state index in [0.29, 0.717) is 17.5 Å². The van der Waals surface area contributed by atoms with E-state index in [-0.39, 0.29) is 17.1 Å². The zero-order valence-corrected chi connectivity index (χ0v) is 15.4. The molecule has 0 atom stereocenters. The van der Waals surface area contributed by atoms with Crippen molar-refractivity contribution in [3.8, 4) is 5.75 Å². The molecule has 0 saturated heterocycles. The number of thioether (sulfide) groups is 1. The molecule has 0 aliphatic heterocycles. The van der Waals surface area contributed by atoms with Crippen LogP contribution in [0, 0.1) is 5.82 Å². The monoisotopic (exact) mass is 376 g/mol. The lowest BCUT2D eigenvalue weighted by molar-refractivity contribution is 0.325. The van der Waals surface area contributed by atoms with E-state index in [0.717, 1.165) is 29.5 Å². The second-order valence-corrected chi connectivity index (χ2v) is 8.07. The van der Waals surface area contributed by atoms with Gasteiger partial charge in [-0.15, -0.1) is 11.3 Å². The molecule has 0 amide bonds. The number of para-hydroxylation sites is 1. The van der Waals surface area contributed by atoms with Gasteiger partial charge in [-0.25, -0.2) is 9.37 Å². The van der Waals surface area contributed by atoms with Gasteiger partial charge in [0.05, 0.1) is 12.0 Å². The highest BCUT2D eigenvalue weighted by atomic mass is 32.2. The zero-order chi connectivity index (χ0) is 17.4. The van der Waals surface area contributed by atoms with E-state index in [4.69, 9.17) is 4.74 Å². The van der Waals surface area contributed by atoms with E-state index in [1.54, 1.807) is 41.2 Å². The normalized spacial score (nSPS) is 13.4. The Kier molecular flexibility index (Phi) is 4.52. The van der Waals surface area contributed by atoms with Gasteiger partial charge in [-0.05, 0) is 37.0 Å². The van der Waals surface area contributed by atoms with E-state index in [2.05, 4.69) is 4.98 Å². The Morgan fingerprint density at radius 3 is 3.04 bits per heavy atom. The van der Waals surface area contributed by atoms with Gasteiger partial charge in [0.1, 0.15) is 4.83 Å². The van der Waals surface area contributed by atoms with Gasteiger partial charge < -0.3 is 4.74 Å². The van der Waals surface area contributed by atoms with Crippen molar-refractivity contribution in [1.82, 2.24) is 9.55 Å². The van der Waals surface area contributed by atoms with Crippen LogP contribution >= 0.6 is 23.1 Å². The van der Waals surface area contributed by atoms with Gasteiger partial charge in [-0.1, -0.05) is 23.9 Å². The maximum Gasteiger partial charge on any atom is 0.262 e. The van der Waals surface area contributed by atoms with E-state index < -0.39 is 0 Å². The van der Waals surface area contributed by atoms with E-state index in [9.17, 15) is 9.18 Å². The van der Waals surface area contributed by atoms with Crippen molar-refractivity contribution in [2.45, 2.75) is 24.4 Å². The number of nitrogens with zero attached hydrogens (tertiary/aromatic N) is 2. The fourth-order valence-electron chi connectivity index (χ4n) is 3.08. The van der Waals surface area contributed by atoms with Crippen LogP contribution in [0.2, 0.25) is 0 Å². The Morgan fingerprint density at radius 1 is 1.36 bits per heavy atom. The summed E-state index contributed by atoms with van der Waals surface area (Å²) in [5.74, 6) is 0.466. The average molecular weight is 376 g/mol. The summed E-state index contributed by atoms with van der Waals surface area (Å²) in [6.07, 6.45) is 3.16. The Hall–Kier alpha value is -1.86. The number of hydrogen-bond donors (Lipinski definition) is 0.